The summed E-state index contributed by atoms with van der Waals surface area (Å²) >= 11 is 1.53. The minimum atomic E-state index is -0.250. The third-order valence-corrected chi connectivity index (χ3v) is 8.66. The topological polar surface area (TPSA) is 85.7 Å². The van der Waals surface area contributed by atoms with Crippen molar-refractivity contribution in [3.63, 3.8) is 0 Å². The smallest absolute Gasteiger partial charge is 0.240 e. The lowest BCUT2D eigenvalue weighted by Crippen LogP contribution is -2.44. The summed E-state index contributed by atoms with van der Waals surface area (Å²) in [4.78, 5) is 28.7. The molecule has 0 saturated carbocycles. The molecule has 210 valence electrons. The van der Waals surface area contributed by atoms with Crippen LogP contribution in [0.15, 0.2) is 72.8 Å². The first-order valence-electron chi connectivity index (χ1n) is 13.8. The molecule has 1 aromatic heterocycles. The molecule has 3 heterocycles. The summed E-state index contributed by atoms with van der Waals surface area (Å²) in [5.74, 6) is 1.83. The number of fused-ring (bicyclic) bond motifs is 2. The van der Waals surface area contributed by atoms with Crippen LogP contribution in [0.1, 0.15) is 42.2 Å². The maximum Gasteiger partial charge on any atom is 0.240 e. The maximum absolute atomic E-state index is 13.9. The number of benzene rings is 3. The first-order chi connectivity index (χ1) is 19.9. The zero-order valence-electron chi connectivity index (χ0n) is 23.3. The monoisotopic (exact) mass is 568 g/mol. The fourth-order valence-electron chi connectivity index (χ4n) is 5.17. The third kappa shape index (κ3) is 5.29. The van der Waals surface area contributed by atoms with Gasteiger partial charge in [-0.25, -0.2) is 4.68 Å². The van der Waals surface area contributed by atoms with Crippen LogP contribution in [0.3, 0.4) is 0 Å². The van der Waals surface area contributed by atoms with Crippen LogP contribution in [0, 0.1) is 6.92 Å². The number of hydrogen-bond donors (Lipinski definition) is 1. The van der Waals surface area contributed by atoms with Crippen LogP contribution in [-0.2, 0) is 9.59 Å². The van der Waals surface area contributed by atoms with Crippen molar-refractivity contribution in [1.82, 2.24) is 15.1 Å². The van der Waals surface area contributed by atoms with Crippen LogP contribution in [0.5, 0.6) is 11.5 Å². The molecule has 0 bridgehead atoms. The van der Waals surface area contributed by atoms with E-state index < -0.39 is 0 Å². The predicted octanol–water partition coefficient (Wildman–Crippen LogP) is 5.66. The molecule has 2 aliphatic heterocycles. The van der Waals surface area contributed by atoms with Gasteiger partial charge in [0.25, 0.3) is 0 Å². The number of carbonyl (C=O) groups excluding carboxylic acids is 2. The molecular weight excluding hydrogens is 536 g/mol. The molecule has 0 spiro atoms. The van der Waals surface area contributed by atoms with Gasteiger partial charge in [0.05, 0.1) is 22.4 Å². The summed E-state index contributed by atoms with van der Waals surface area (Å²) in [7, 11) is 0. The normalized spacial score (nSPS) is 16.7. The largest absolute Gasteiger partial charge is 0.454 e. The van der Waals surface area contributed by atoms with Crippen molar-refractivity contribution < 1.29 is 19.1 Å². The van der Waals surface area contributed by atoms with Gasteiger partial charge in [0.2, 0.25) is 18.6 Å². The van der Waals surface area contributed by atoms with Gasteiger partial charge in [-0.1, -0.05) is 55.5 Å². The summed E-state index contributed by atoms with van der Waals surface area (Å²) in [5.41, 5.74) is 5.43. The van der Waals surface area contributed by atoms with Crippen molar-refractivity contribution in [2.24, 2.45) is 0 Å². The summed E-state index contributed by atoms with van der Waals surface area (Å²) in [6, 6.07) is 23.9. The van der Waals surface area contributed by atoms with Gasteiger partial charge in [-0.15, -0.1) is 11.8 Å². The minimum absolute atomic E-state index is 0.00127. The molecule has 9 heteroatoms. The molecule has 1 N–H and O–H groups in total. The number of aromatic nitrogens is 2. The van der Waals surface area contributed by atoms with E-state index in [0.29, 0.717) is 17.3 Å². The Bertz CT molecular complexity index is 1600. The van der Waals surface area contributed by atoms with Gasteiger partial charge in [0, 0.05) is 17.2 Å². The van der Waals surface area contributed by atoms with E-state index in [1.807, 2.05) is 98.2 Å². The van der Waals surface area contributed by atoms with E-state index in [0.717, 1.165) is 40.1 Å². The van der Waals surface area contributed by atoms with Gasteiger partial charge in [-0.05, 0) is 55.7 Å². The van der Waals surface area contributed by atoms with Gasteiger partial charge in [-0.2, -0.15) is 5.10 Å². The molecule has 0 radical (unpaired) electrons. The second kappa shape index (κ2) is 11.3. The standard InChI is InChI=1S/C32H32N4O4S/c1-4-21(3)33-27(37)17-35-28(38)18-41-31(23-13-14-25-26(16-23)40-19-39-25)29-30(22-10-6-5-7-11-22)34-36(32(29)35)24-12-8-9-20(2)15-24/h5-16,21,31H,4,17-19H2,1-3H3,(H,33,37)/t21-,31-/m0/s1. The molecule has 8 nitrogen and oxygen atoms in total. The summed E-state index contributed by atoms with van der Waals surface area (Å²) < 4.78 is 13.1. The highest BCUT2D eigenvalue weighted by atomic mass is 32.2. The molecule has 6 rings (SSSR count). The Morgan fingerprint density at radius 2 is 1.88 bits per heavy atom. The van der Waals surface area contributed by atoms with Crippen LogP contribution < -0.4 is 19.7 Å². The number of amides is 2. The van der Waals surface area contributed by atoms with E-state index in [1.54, 1.807) is 4.90 Å². The van der Waals surface area contributed by atoms with E-state index in [4.69, 9.17) is 14.6 Å². The predicted molar refractivity (Wildman–Crippen MR) is 161 cm³/mol. The van der Waals surface area contributed by atoms with Crippen LogP contribution in [0.4, 0.5) is 5.82 Å². The van der Waals surface area contributed by atoms with Crippen molar-refractivity contribution in [2.75, 3.05) is 24.0 Å². The highest BCUT2D eigenvalue weighted by Crippen LogP contribution is 2.50. The van der Waals surface area contributed by atoms with Crippen LogP contribution in [0.2, 0.25) is 0 Å². The number of nitrogens with one attached hydrogen (secondary N) is 1. The van der Waals surface area contributed by atoms with Crippen LogP contribution >= 0.6 is 11.8 Å². The van der Waals surface area contributed by atoms with Gasteiger partial charge in [0.1, 0.15) is 12.4 Å². The van der Waals surface area contributed by atoms with Crippen LogP contribution in [0.25, 0.3) is 16.9 Å². The lowest BCUT2D eigenvalue weighted by Gasteiger charge is -2.24. The zero-order valence-corrected chi connectivity index (χ0v) is 24.1. The number of nitrogens with zero attached hydrogens (tertiary/aromatic N) is 3. The highest BCUT2D eigenvalue weighted by Gasteiger charge is 2.38. The Morgan fingerprint density at radius 3 is 2.66 bits per heavy atom. The van der Waals surface area contributed by atoms with Crippen LogP contribution in [-0.4, -0.2) is 46.7 Å². The summed E-state index contributed by atoms with van der Waals surface area (Å²) in [6.07, 6.45) is 0.798. The van der Waals surface area contributed by atoms with E-state index in [-0.39, 0.29) is 42.2 Å². The lowest BCUT2D eigenvalue weighted by molar-refractivity contribution is -0.123. The number of hydrogen-bond acceptors (Lipinski definition) is 6. The number of aryl methyl sites for hydroxylation is 1. The summed E-state index contributed by atoms with van der Waals surface area (Å²) in [5, 5.41) is 7.93. The fraction of sp³-hybridized carbons (Fsp3) is 0.281. The lowest BCUT2D eigenvalue weighted by atomic mass is 9.99. The summed E-state index contributed by atoms with van der Waals surface area (Å²) in [6.45, 7) is 6.09. The molecule has 41 heavy (non-hydrogen) atoms. The van der Waals surface area contributed by atoms with Gasteiger partial charge >= 0.3 is 0 Å². The highest BCUT2D eigenvalue weighted by molar-refractivity contribution is 8.00. The minimum Gasteiger partial charge on any atom is -0.454 e. The van der Waals surface area contributed by atoms with Crippen molar-refractivity contribution in [1.29, 1.82) is 0 Å². The Hall–Kier alpha value is -4.24. The molecule has 0 saturated heterocycles. The zero-order chi connectivity index (χ0) is 28.5. The SMILES string of the molecule is CC[C@H](C)NC(=O)CN1C(=O)CS[C@@H](c2ccc3c(c2)OCO3)c2c(-c3ccccc3)nn(-c3cccc(C)c3)c21. The van der Waals surface area contributed by atoms with Gasteiger partial charge in [-0.3, -0.25) is 14.5 Å². The Morgan fingerprint density at radius 1 is 1.07 bits per heavy atom. The molecular formula is C32H32N4O4S. The van der Waals surface area contributed by atoms with E-state index in [9.17, 15) is 9.59 Å². The van der Waals surface area contributed by atoms with Crippen molar-refractivity contribution in [3.8, 4) is 28.4 Å². The molecule has 2 atom stereocenters. The number of rotatable bonds is 7. The number of ether oxygens (including phenoxy) is 2. The van der Waals surface area contributed by atoms with Gasteiger partial charge < -0.3 is 14.8 Å². The quantitative estimate of drug-likeness (QED) is 0.310. The Kier molecular flexibility index (Phi) is 7.45. The fourth-order valence-corrected chi connectivity index (χ4v) is 6.36. The first-order valence-corrected chi connectivity index (χ1v) is 14.8. The second-order valence-electron chi connectivity index (χ2n) is 10.4. The van der Waals surface area contributed by atoms with Crippen molar-refractivity contribution in [2.45, 2.75) is 38.5 Å². The van der Waals surface area contributed by atoms with Crippen molar-refractivity contribution >= 4 is 29.4 Å². The number of anilines is 1. The Balaban J connectivity index is 1.59. The Labute approximate surface area is 243 Å². The van der Waals surface area contributed by atoms with E-state index >= 15 is 0 Å². The third-order valence-electron chi connectivity index (χ3n) is 7.40. The molecule has 0 unspecified atom stereocenters. The molecule has 3 aromatic carbocycles. The average Bonchev–Trinajstić information content (AvgIpc) is 3.58. The molecule has 4 aromatic rings. The molecule has 0 aliphatic carbocycles. The number of thioether (sulfide) groups is 1. The maximum atomic E-state index is 13.9. The van der Waals surface area contributed by atoms with E-state index in [2.05, 4.69) is 5.32 Å². The first kappa shape index (κ1) is 27.0. The molecule has 2 amide bonds. The van der Waals surface area contributed by atoms with Crippen molar-refractivity contribution in [3.05, 3.63) is 89.5 Å². The average molecular weight is 569 g/mol. The van der Waals surface area contributed by atoms with Gasteiger partial charge in [0.15, 0.2) is 11.5 Å². The number of carbonyl (C=O) groups is 2. The molecule has 2 aliphatic rings. The molecule has 0 fully saturated rings. The second-order valence-corrected chi connectivity index (χ2v) is 11.5. The van der Waals surface area contributed by atoms with E-state index in [1.165, 1.54) is 11.8 Å².